The molecule has 0 heterocycles. The molecule has 0 aliphatic carbocycles. The highest BCUT2D eigenvalue weighted by Crippen LogP contribution is 2.65. The van der Waals surface area contributed by atoms with Gasteiger partial charge in [0, 0.05) is 6.42 Å². The van der Waals surface area contributed by atoms with Gasteiger partial charge in [0.1, 0.15) is 0 Å². The van der Waals surface area contributed by atoms with Gasteiger partial charge in [-0.25, -0.2) is 0 Å². The van der Waals surface area contributed by atoms with Crippen molar-refractivity contribution >= 4 is 12.6 Å². The Hall–Kier alpha value is -0.980. The van der Waals surface area contributed by atoms with Gasteiger partial charge < -0.3 is 0 Å². The maximum absolute atomic E-state index is 13.7. The Morgan fingerprint density at radius 3 is 0.944 bits per heavy atom. The van der Waals surface area contributed by atoms with E-state index in [-0.39, 0.29) is 18.6 Å². The van der Waals surface area contributed by atoms with E-state index in [0.717, 1.165) is 0 Å². The van der Waals surface area contributed by atoms with E-state index in [1.165, 1.54) is 0 Å². The number of hydrogen-bond donors (Lipinski definition) is 1. The van der Waals surface area contributed by atoms with Gasteiger partial charge in [-0.3, -0.25) is 0 Å². The summed E-state index contributed by atoms with van der Waals surface area (Å²) < 4.78 is 250. The number of thiol groups is 1. The smallest absolute Gasteiger partial charge is 0.200 e. The van der Waals surface area contributed by atoms with E-state index in [2.05, 4.69) is 12.6 Å². The van der Waals surface area contributed by atoms with Crippen LogP contribution in [-0.2, 0) is 0 Å². The molecule has 0 N–H and O–H groups in total. The molecule has 0 aliphatic rings. The third-order valence-electron chi connectivity index (χ3n) is 4.83. The van der Waals surface area contributed by atoms with Crippen LogP contribution in [-0.4, -0.2) is 59.3 Å². The molecule has 0 radical (unpaired) electrons. The lowest BCUT2D eigenvalue weighted by Gasteiger charge is -2.43. The number of halogens is 19. The molecular weight excluding hydrogens is 585 g/mol. The lowest BCUT2D eigenvalue weighted by atomic mass is 9.86. The molecule has 0 aromatic carbocycles. The van der Waals surface area contributed by atoms with Crippen molar-refractivity contribution in [1.29, 1.82) is 0 Å². The van der Waals surface area contributed by atoms with Gasteiger partial charge >= 0.3 is 53.6 Å². The lowest BCUT2D eigenvalue weighted by molar-refractivity contribution is -0.468. The molecule has 0 atom stereocenters. The number of rotatable bonds is 14. The average molecular weight is 600 g/mol. The third-order valence-corrected chi connectivity index (χ3v) is 5.15. The van der Waals surface area contributed by atoms with E-state index < -0.39 is 72.8 Å². The van der Waals surface area contributed by atoms with Gasteiger partial charge in [-0.05, 0) is 18.6 Å². The predicted molar refractivity (Wildman–Crippen MR) is 87.2 cm³/mol. The molecule has 0 aliphatic heterocycles. The Balaban J connectivity index is 6.36. The van der Waals surface area contributed by atoms with Gasteiger partial charge in [0.15, 0.2) is 0 Å². The molecule has 0 amide bonds. The summed E-state index contributed by atoms with van der Waals surface area (Å²) in [7, 11) is 0. The van der Waals surface area contributed by atoms with Crippen molar-refractivity contribution in [2.75, 3.05) is 5.75 Å². The van der Waals surface area contributed by atoms with Crippen molar-refractivity contribution < 1.29 is 83.4 Å². The summed E-state index contributed by atoms with van der Waals surface area (Å²) in [6.45, 7) is 0. The summed E-state index contributed by atoms with van der Waals surface area (Å²) >= 11 is 3.75. The summed E-state index contributed by atoms with van der Waals surface area (Å²) in [4.78, 5) is 0. The van der Waals surface area contributed by atoms with Crippen LogP contribution in [0.1, 0.15) is 38.5 Å². The van der Waals surface area contributed by atoms with E-state index in [9.17, 15) is 83.4 Å². The predicted octanol–water partition coefficient (Wildman–Crippen LogP) is 8.90. The maximum atomic E-state index is 13.7. The first-order valence-electron chi connectivity index (χ1n) is 9.26. The maximum Gasteiger partial charge on any atom is 0.460 e. The van der Waals surface area contributed by atoms with Crippen molar-refractivity contribution in [3.05, 3.63) is 0 Å². The van der Waals surface area contributed by atoms with Gasteiger partial charge in [0.25, 0.3) is 0 Å². The zero-order valence-corrected chi connectivity index (χ0v) is 18.0. The summed E-state index contributed by atoms with van der Waals surface area (Å²) in [5.41, 5.74) is 0. The van der Waals surface area contributed by atoms with Crippen LogP contribution in [0.15, 0.2) is 0 Å². The minimum Gasteiger partial charge on any atom is -0.200 e. The van der Waals surface area contributed by atoms with Crippen molar-refractivity contribution in [3.63, 3.8) is 0 Å². The highest BCUT2D eigenvalue weighted by molar-refractivity contribution is 7.80. The standard InChI is InChI=1S/C16H15F19S/c17-8(18,6-4-2-1-3-5-7-36)9(19,20)10(21,22)11(23,24)12(25,26)13(27,28)14(29,30)15(31,32)16(33,34)35/h36H,1-7H2. The van der Waals surface area contributed by atoms with Crippen LogP contribution in [0.2, 0.25) is 0 Å². The van der Waals surface area contributed by atoms with Crippen molar-refractivity contribution in [3.8, 4) is 0 Å². The normalized spacial score (nSPS) is 16.0. The number of hydrogen-bond acceptors (Lipinski definition) is 1. The van der Waals surface area contributed by atoms with E-state index in [4.69, 9.17) is 0 Å². The molecule has 0 unspecified atom stereocenters. The molecule has 0 aromatic rings. The first-order valence-corrected chi connectivity index (χ1v) is 9.89. The van der Waals surface area contributed by atoms with Crippen LogP contribution < -0.4 is 0 Å². The highest BCUT2D eigenvalue weighted by atomic mass is 32.1. The van der Waals surface area contributed by atoms with Crippen LogP contribution in [0.25, 0.3) is 0 Å². The summed E-state index contributed by atoms with van der Waals surface area (Å²) in [5, 5.41) is 0. The second-order valence-corrected chi connectivity index (χ2v) is 7.91. The molecule has 36 heavy (non-hydrogen) atoms. The fraction of sp³-hybridized carbons (Fsp3) is 1.00. The molecule has 0 spiro atoms. The lowest BCUT2D eigenvalue weighted by Crippen LogP contribution is -2.75. The highest BCUT2D eigenvalue weighted by Gasteiger charge is 2.96. The SMILES string of the molecule is FC(F)(F)C(F)(F)C(F)(F)C(F)(F)C(F)(F)C(F)(F)C(F)(F)C(F)(F)C(F)(F)CCCCCCCS. The molecule has 20 heteroatoms. The number of alkyl halides is 19. The van der Waals surface area contributed by atoms with E-state index in [1.807, 2.05) is 0 Å². The zero-order valence-electron chi connectivity index (χ0n) is 17.1. The minimum absolute atomic E-state index is 0.0262. The molecule has 0 bridgehead atoms. The number of unbranched alkanes of at least 4 members (excludes halogenated alkanes) is 4. The Morgan fingerprint density at radius 2 is 0.611 bits per heavy atom. The summed E-state index contributed by atoms with van der Waals surface area (Å²) in [6, 6.07) is 0. The second kappa shape index (κ2) is 10.3. The Bertz CT molecular complexity index is 723. The van der Waals surface area contributed by atoms with Gasteiger partial charge in [0.2, 0.25) is 0 Å². The Kier molecular flexibility index (Phi) is 10.0. The van der Waals surface area contributed by atoms with Gasteiger partial charge in [-0.2, -0.15) is 96.0 Å². The van der Waals surface area contributed by atoms with Gasteiger partial charge in [0.05, 0.1) is 0 Å². The van der Waals surface area contributed by atoms with Crippen LogP contribution in [0.5, 0.6) is 0 Å². The fourth-order valence-electron chi connectivity index (χ4n) is 2.54. The van der Waals surface area contributed by atoms with Crippen LogP contribution in [0.3, 0.4) is 0 Å². The molecular formula is C16H15F19S. The molecule has 0 aromatic heterocycles. The Morgan fingerprint density at radius 1 is 0.333 bits per heavy atom. The van der Waals surface area contributed by atoms with E-state index >= 15 is 0 Å². The van der Waals surface area contributed by atoms with Crippen LogP contribution in [0, 0.1) is 0 Å². The monoisotopic (exact) mass is 600 g/mol. The minimum atomic E-state index is -8.87. The van der Waals surface area contributed by atoms with Crippen molar-refractivity contribution in [1.82, 2.24) is 0 Å². The van der Waals surface area contributed by atoms with Crippen molar-refractivity contribution in [2.45, 2.75) is 92.1 Å². The first kappa shape index (κ1) is 35.0. The molecule has 0 saturated carbocycles. The topological polar surface area (TPSA) is 0 Å². The largest absolute Gasteiger partial charge is 0.460 e. The molecule has 0 rings (SSSR count). The first-order chi connectivity index (χ1) is 15.6. The van der Waals surface area contributed by atoms with E-state index in [0.29, 0.717) is 6.42 Å². The molecule has 0 saturated heterocycles. The quantitative estimate of drug-likeness (QED) is 0.115. The summed E-state index contributed by atoms with van der Waals surface area (Å²) in [6.07, 6.45) is -11.4. The third kappa shape index (κ3) is 5.29. The molecule has 0 nitrogen and oxygen atoms in total. The average Bonchev–Trinajstić information content (AvgIpc) is 2.68. The molecule has 0 fully saturated rings. The fourth-order valence-corrected chi connectivity index (χ4v) is 2.76. The molecule has 218 valence electrons. The van der Waals surface area contributed by atoms with Gasteiger partial charge in [-0.15, -0.1) is 0 Å². The van der Waals surface area contributed by atoms with Crippen LogP contribution >= 0.6 is 12.6 Å². The summed E-state index contributed by atoms with van der Waals surface area (Å²) in [5.74, 6) is -65.6. The van der Waals surface area contributed by atoms with E-state index in [1.54, 1.807) is 0 Å². The second-order valence-electron chi connectivity index (χ2n) is 7.46. The van der Waals surface area contributed by atoms with Gasteiger partial charge in [-0.1, -0.05) is 19.3 Å². The zero-order chi connectivity index (χ0) is 29.4. The Labute approximate surface area is 195 Å². The van der Waals surface area contributed by atoms with Crippen molar-refractivity contribution in [2.24, 2.45) is 0 Å². The van der Waals surface area contributed by atoms with Crippen LogP contribution in [0.4, 0.5) is 83.4 Å².